The molecule has 0 saturated carbocycles. The van der Waals surface area contributed by atoms with E-state index in [1.165, 1.54) is 7.11 Å². The van der Waals surface area contributed by atoms with Gasteiger partial charge in [0.1, 0.15) is 19.5 Å². The lowest BCUT2D eigenvalue weighted by Crippen LogP contribution is -2.26. The zero-order valence-electron chi connectivity index (χ0n) is 13.5. The van der Waals surface area contributed by atoms with Gasteiger partial charge in [-0.1, -0.05) is 35.5 Å². The molecule has 2 N–H and O–H groups in total. The topological polar surface area (TPSA) is 73.9 Å². The normalized spacial score (nSPS) is 11.2. The average Bonchev–Trinajstić information content (AvgIpc) is 2.51. The van der Waals surface area contributed by atoms with Crippen molar-refractivity contribution < 1.29 is 14.4 Å². The van der Waals surface area contributed by atoms with Crippen molar-refractivity contribution >= 4 is 11.6 Å². The first-order valence-electron chi connectivity index (χ1n) is 7.22. The second-order valence-electron chi connectivity index (χ2n) is 5.20. The molecule has 0 fully saturated rings. The predicted molar refractivity (Wildman–Crippen MR) is 89.4 cm³/mol. The molecule has 0 unspecified atom stereocenters. The van der Waals surface area contributed by atoms with Crippen LogP contribution in [0, 0.1) is 13.8 Å². The molecule has 0 heterocycles. The van der Waals surface area contributed by atoms with Crippen LogP contribution < -0.4 is 10.5 Å². The molecule has 23 heavy (non-hydrogen) atoms. The van der Waals surface area contributed by atoms with Crippen molar-refractivity contribution in [2.24, 2.45) is 10.9 Å². The molecule has 0 saturated heterocycles. The summed E-state index contributed by atoms with van der Waals surface area (Å²) >= 11 is 0. The van der Waals surface area contributed by atoms with Gasteiger partial charge in [-0.2, -0.15) is 0 Å². The Balaban J connectivity index is 2.34. The molecule has 5 heteroatoms. The van der Waals surface area contributed by atoms with Crippen molar-refractivity contribution in [3.8, 4) is 5.75 Å². The van der Waals surface area contributed by atoms with Crippen LogP contribution in [0.25, 0.3) is 0 Å². The van der Waals surface area contributed by atoms with E-state index in [4.69, 9.17) is 15.3 Å². The van der Waals surface area contributed by atoms with E-state index in [-0.39, 0.29) is 5.71 Å². The first-order valence-corrected chi connectivity index (χ1v) is 7.22. The highest BCUT2D eigenvalue weighted by molar-refractivity contribution is 6.45. The van der Waals surface area contributed by atoms with Crippen molar-refractivity contribution in [2.75, 3.05) is 7.11 Å². The average molecular weight is 312 g/mol. The van der Waals surface area contributed by atoms with Crippen LogP contribution in [0.5, 0.6) is 5.75 Å². The number of primary amides is 1. The minimum Gasteiger partial charge on any atom is -0.489 e. The third-order valence-electron chi connectivity index (χ3n) is 3.40. The number of aryl methyl sites for hydroxylation is 2. The Labute approximate surface area is 135 Å². The van der Waals surface area contributed by atoms with Crippen molar-refractivity contribution in [2.45, 2.75) is 20.5 Å². The third kappa shape index (κ3) is 4.10. The Morgan fingerprint density at radius 1 is 1.17 bits per heavy atom. The minimum absolute atomic E-state index is 0.0912. The molecule has 0 radical (unpaired) electrons. The van der Waals surface area contributed by atoms with Gasteiger partial charge in [-0.3, -0.25) is 4.79 Å². The highest BCUT2D eigenvalue weighted by Crippen LogP contribution is 2.20. The summed E-state index contributed by atoms with van der Waals surface area (Å²) in [7, 11) is 1.38. The smallest absolute Gasteiger partial charge is 0.271 e. The molecule has 0 bridgehead atoms. The lowest BCUT2D eigenvalue weighted by molar-refractivity contribution is -0.112. The lowest BCUT2D eigenvalue weighted by atomic mass is 9.97. The number of carbonyl (C=O) groups excluding carboxylic acids is 1. The maximum atomic E-state index is 11.7. The van der Waals surface area contributed by atoms with Gasteiger partial charge >= 0.3 is 0 Å². The maximum Gasteiger partial charge on any atom is 0.271 e. The molecule has 2 aromatic rings. The van der Waals surface area contributed by atoms with Crippen molar-refractivity contribution in [1.29, 1.82) is 0 Å². The van der Waals surface area contributed by atoms with Crippen molar-refractivity contribution in [3.63, 3.8) is 0 Å². The van der Waals surface area contributed by atoms with Crippen LogP contribution in [-0.2, 0) is 16.2 Å². The molecule has 0 aliphatic rings. The van der Waals surface area contributed by atoms with Gasteiger partial charge in [0.2, 0.25) is 0 Å². The molecule has 0 aliphatic carbocycles. The lowest BCUT2D eigenvalue weighted by Gasteiger charge is -2.14. The summed E-state index contributed by atoms with van der Waals surface area (Å²) < 4.78 is 5.83. The molecule has 0 aromatic heterocycles. The summed E-state index contributed by atoms with van der Waals surface area (Å²) in [4.78, 5) is 16.4. The first kappa shape index (κ1) is 16.5. The van der Waals surface area contributed by atoms with Gasteiger partial charge in [-0.05, 0) is 42.7 Å². The van der Waals surface area contributed by atoms with E-state index in [1.807, 2.05) is 56.3 Å². The summed E-state index contributed by atoms with van der Waals surface area (Å²) in [6.45, 7) is 4.19. The van der Waals surface area contributed by atoms with Crippen LogP contribution >= 0.6 is 0 Å². The van der Waals surface area contributed by atoms with E-state index in [0.717, 1.165) is 22.4 Å². The molecular formula is C18H20N2O3. The summed E-state index contributed by atoms with van der Waals surface area (Å²) in [5, 5.41) is 3.77. The number of oxime groups is 1. The quantitative estimate of drug-likeness (QED) is 0.658. The van der Waals surface area contributed by atoms with Gasteiger partial charge < -0.3 is 15.3 Å². The SMILES string of the molecule is CO/N=C(/C(N)=O)c1c(C)cccc1COc1cccc(C)c1. The molecular weight excluding hydrogens is 292 g/mol. The summed E-state index contributed by atoms with van der Waals surface area (Å²) in [5.41, 5.74) is 8.98. The third-order valence-corrected chi connectivity index (χ3v) is 3.40. The number of benzene rings is 2. The molecule has 1 amide bonds. The monoisotopic (exact) mass is 312 g/mol. The van der Waals surface area contributed by atoms with Crippen LogP contribution in [0.4, 0.5) is 0 Å². The fraction of sp³-hybridized carbons (Fsp3) is 0.222. The zero-order valence-corrected chi connectivity index (χ0v) is 13.5. The van der Waals surface area contributed by atoms with Gasteiger partial charge in [0, 0.05) is 5.56 Å². The summed E-state index contributed by atoms with van der Waals surface area (Å²) in [5.74, 6) is 0.125. The number of nitrogens with two attached hydrogens (primary N) is 1. The Morgan fingerprint density at radius 3 is 2.57 bits per heavy atom. The fourth-order valence-electron chi connectivity index (χ4n) is 2.36. The second kappa shape index (κ2) is 7.45. The van der Waals surface area contributed by atoms with E-state index in [1.54, 1.807) is 0 Å². The van der Waals surface area contributed by atoms with Gasteiger partial charge in [0.25, 0.3) is 5.91 Å². The second-order valence-corrected chi connectivity index (χ2v) is 5.20. The Bertz CT molecular complexity index is 739. The van der Waals surface area contributed by atoms with Crippen LogP contribution in [0.3, 0.4) is 0 Å². The number of hydrogen-bond acceptors (Lipinski definition) is 4. The van der Waals surface area contributed by atoms with Crippen LogP contribution in [-0.4, -0.2) is 18.7 Å². The largest absolute Gasteiger partial charge is 0.489 e. The van der Waals surface area contributed by atoms with E-state index >= 15 is 0 Å². The van der Waals surface area contributed by atoms with Crippen molar-refractivity contribution in [1.82, 2.24) is 0 Å². The number of hydrogen-bond donors (Lipinski definition) is 1. The highest BCUT2D eigenvalue weighted by Gasteiger charge is 2.18. The molecule has 2 rings (SSSR count). The van der Waals surface area contributed by atoms with Gasteiger partial charge in [-0.15, -0.1) is 0 Å². The van der Waals surface area contributed by atoms with E-state index in [2.05, 4.69) is 5.16 Å². The first-order chi connectivity index (χ1) is 11.0. The van der Waals surface area contributed by atoms with Crippen LogP contribution in [0.15, 0.2) is 47.6 Å². The van der Waals surface area contributed by atoms with Crippen LogP contribution in [0.1, 0.15) is 22.3 Å². The Morgan fingerprint density at radius 2 is 1.91 bits per heavy atom. The molecule has 2 aromatic carbocycles. The Hall–Kier alpha value is -2.82. The van der Waals surface area contributed by atoms with Crippen LogP contribution in [0.2, 0.25) is 0 Å². The number of amides is 1. The molecule has 0 atom stereocenters. The molecule has 5 nitrogen and oxygen atoms in total. The minimum atomic E-state index is -0.641. The molecule has 0 spiro atoms. The molecule has 0 aliphatic heterocycles. The van der Waals surface area contributed by atoms with E-state index in [9.17, 15) is 4.79 Å². The van der Waals surface area contributed by atoms with E-state index in [0.29, 0.717) is 12.2 Å². The number of nitrogens with zero attached hydrogens (tertiary/aromatic N) is 1. The number of rotatable bonds is 6. The Kier molecular flexibility index (Phi) is 5.36. The highest BCUT2D eigenvalue weighted by atomic mass is 16.6. The van der Waals surface area contributed by atoms with Gasteiger partial charge in [-0.25, -0.2) is 0 Å². The number of ether oxygens (including phenoxy) is 1. The fourth-order valence-corrected chi connectivity index (χ4v) is 2.36. The van der Waals surface area contributed by atoms with Gasteiger partial charge in [0.15, 0.2) is 5.71 Å². The maximum absolute atomic E-state index is 11.7. The summed E-state index contributed by atoms with van der Waals surface area (Å²) in [6, 6.07) is 13.4. The predicted octanol–water partition coefficient (Wildman–Crippen LogP) is 2.72. The summed E-state index contributed by atoms with van der Waals surface area (Å²) in [6.07, 6.45) is 0. The number of carbonyl (C=O) groups is 1. The van der Waals surface area contributed by atoms with Gasteiger partial charge in [0.05, 0.1) is 0 Å². The van der Waals surface area contributed by atoms with Crippen molar-refractivity contribution in [3.05, 3.63) is 64.7 Å². The zero-order chi connectivity index (χ0) is 16.8. The molecule has 120 valence electrons. The van der Waals surface area contributed by atoms with E-state index < -0.39 is 5.91 Å². The standard InChI is InChI=1S/C18H20N2O3/c1-12-6-4-9-15(10-12)23-11-14-8-5-7-13(2)16(14)17(18(19)21)20-22-3/h4-10H,11H2,1-3H3,(H2,19,21)/b20-17+.